The number of carbonyl (C=O) groups excluding carboxylic acids is 1. The number of carbonyl (C=O) groups is 1. The molecule has 0 N–H and O–H groups in total. The van der Waals surface area contributed by atoms with E-state index < -0.39 is 39.9 Å². The zero-order valence-corrected chi connectivity index (χ0v) is 26.4. The predicted octanol–water partition coefficient (Wildman–Crippen LogP) is 6.82. The second kappa shape index (κ2) is 13.7. The molecule has 236 valence electrons. The first-order valence-corrected chi connectivity index (χ1v) is 16.8. The van der Waals surface area contributed by atoms with Gasteiger partial charge in [-0.2, -0.15) is 13.1 Å². The van der Waals surface area contributed by atoms with Crippen molar-refractivity contribution < 1.29 is 40.6 Å². The zero-order valence-electron chi connectivity index (χ0n) is 23.2. The highest BCUT2D eigenvalue weighted by molar-refractivity contribution is 8.02. The quantitative estimate of drug-likeness (QED) is 0.191. The van der Waals surface area contributed by atoms with Crippen molar-refractivity contribution in [3.8, 4) is 11.5 Å². The van der Waals surface area contributed by atoms with Crippen LogP contribution in [0.4, 0.5) is 13.2 Å². The van der Waals surface area contributed by atoms with Crippen LogP contribution in [-0.2, 0) is 26.0 Å². The summed E-state index contributed by atoms with van der Waals surface area (Å²) in [6.45, 7) is -1.31. The molecule has 1 aromatic heterocycles. The molecule has 2 heterocycles. The number of halogens is 5. The van der Waals surface area contributed by atoms with Crippen LogP contribution in [0.1, 0.15) is 35.6 Å². The van der Waals surface area contributed by atoms with Gasteiger partial charge in [-0.05, 0) is 72.7 Å². The van der Waals surface area contributed by atoms with E-state index in [1.54, 1.807) is 0 Å². The molecule has 2 aromatic carbocycles. The van der Waals surface area contributed by atoms with Crippen molar-refractivity contribution in [2.75, 3.05) is 18.9 Å². The number of hydrogen-bond acceptors (Lipinski definition) is 8. The highest BCUT2D eigenvalue weighted by Crippen LogP contribution is 2.39. The minimum absolute atomic E-state index is 0.0229. The molecule has 0 radical (unpaired) electrons. The molecule has 0 spiro atoms. The average Bonchev–Trinajstić information content (AvgIpc) is 3.65. The Morgan fingerprint density at radius 2 is 1.84 bits per heavy atom. The van der Waals surface area contributed by atoms with Crippen LogP contribution in [0.5, 0.6) is 11.5 Å². The first-order valence-electron chi connectivity index (χ1n) is 13.5. The Labute approximate surface area is 266 Å². The molecule has 15 heteroatoms. The van der Waals surface area contributed by atoms with Crippen molar-refractivity contribution >= 4 is 51.0 Å². The van der Waals surface area contributed by atoms with Crippen LogP contribution in [-0.4, -0.2) is 54.6 Å². The molecule has 1 aliphatic carbocycles. The lowest BCUT2D eigenvalue weighted by Crippen LogP contribution is -2.41. The minimum atomic E-state index is -4.20. The maximum absolute atomic E-state index is 13.7. The van der Waals surface area contributed by atoms with Crippen LogP contribution in [0.25, 0.3) is 0 Å². The summed E-state index contributed by atoms with van der Waals surface area (Å²) in [4.78, 5) is 17.5. The molecular formula is C29H27Cl2F3N2O6S2. The van der Waals surface area contributed by atoms with Crippen molar-refractivity contribution in [2.24, 2.45) is 5.92 Å². The molecule has 1 unspecified atom stereocenters. The Morgan fingerprint density at radius 1 is 1.11 bits per heavy atom. The lowest BCUT2D eigenvalue weighted by atomic mass is 10.0. The van der Waals surface area contributed by atoms with Gasteiger partial charge < -0.3 is 14.2 Å². The molecule has 1 saturated carbocycles. The average molecular weight is 692 g/mol. The second-order valence-corrected chi connectivity index (χ2v) is 14.2. The molecule has 2 fully saturated rings. The van der Waals surface area contributed by atoms with E-state index in [4.69, 9.17) is 32.7 Å². The minimum Gasteiger partial charge on any atom is -0.489 e. The number of rotatable bonds is 12. The smallest absolute Gasteiger partial charge is 0.387 e. The number of pyridine rings is 1. The van der Waals surface area contributed by atoms with Gasteiger partial charge >= 0.3 is 12.6 Å². The van der Waals surface area contributed by atoms with Crippen LogP contribution < -0.4 is 9.47 Å². The lowest BCUT2D eigenvalue weighted by Gasteiger charge is -2.26. The predicted molar refractivity (Wildman–Crippen MR) is 159 cm³/mol. The summed E-state index contributed by atoms with van der Waals surface area (Å²) in [7, 11) is -4.20. The fourth-order valence-electron chi connectivity index (χ4n) is 4.68. The molecule has 0 amide bonds. The number of nitrogens with zero attached hydrogens (tertiary/aromatic N) is 2. The van der Waals surface area contributed by atoms with Crippen molar-refractivity contribution in [2.45, 2.75) is 49.2 Å². The number of aromatic nitrogens is 1. The van der Waals surface area contributed by atoms with E-state index in [0.717, 1.165) is 47.1 Å². The van der Waals surface area contributed by atoms with E-state index in [0.29, 0.717) is 29.4 Å². The SMILES string of the molecule is Cc1cc(F)ccc1S(=O)(=O)N1CCSC1C(=O)O[C@@H](Cc1c(Cl)cncc1Cl)c1ccc(OC(F)F)c(OCC2CC2)c1. The van der Waals surface area contributed by atoms with Gasteiger partial charge in [-0.25, -0.2) is 17.6 Å². The third kappa shape index (κ3) is 7.56. The van der Waals surface area contributed by atoms with Gasteiger partial charge in [0.1, 0.15) is 11.9 Å². The van der Waals surface area contributed by atoms with Crippen molar-refractivity contribution in [1.29, 1.82) is 0 Å². The fraction of sp³-hybridized carbons (Fsp3) is 0.379. The molecular weight excluding hydrogens is 664 g/mol. The first-order chi connectivity index (χ1) is 20.9. The third-order valence-electron chi connectivity index (χ3n) is 7.10. The summed E-state index contributed by atoms with van der Waals surface area (Å²) < 4.78 is 84.5. The summed E-state index contributed by atoms with van der Waals surface area (Å²) in [6.07, 6.45) is 3.52. The van der Waals surface area contributed by atoms with Gasteiger partial charge in [0.15, 0.2) is 16.9 Å². The Morgan fingerprint density at radius 3 is 2.50 bits per heavy atom. The van der Waals surface area contributed by atoms with Crippen molar-refractivity contribution in [1.82, 2.24) is 9.29 Å². The molecule has 2 atom stereocenters. The zero-order chi connectivity index (χ0) is 31.6. The first kappa shape index (κ1) is 32.7. The van der Waals surface area contributed by atoms with Gasteiger partial charge in [-0.1, -0.05) is 29.3 Å². The number of aryl methyl sites for hydroxylation is 1. The summed E-state index contributed by atoms with van der Waals surface area (Å²) in [6, 6.07) is 7.48. The number of hydrogen-bond donors (Lipinski definition) is 0. The normalized spacial score (nSPS) is 17.9. The fourth-order valence-corrected chi connectivity index (χ4v) is 8.46. The van der Waals surface area contributed by atoms with Crippen LogP contribution >= 0.6 is 35.0 Å². The Balaban J connectivity index is 1.47. The summed E-state index contributed by atoms with van der Waals surface area (Å²) in [5.74, 6) is -0.990. The Bertz CT molecular complexity index is 1630. The van der Waals surface area contributed by atoms with E-state index in [1.165, 1.54) is 37.5 Å². The van der Waals surface area contributed by atoms with Gasteiger partial charge in [-0.3, -0.25) is 4.98 Å². The third-order valence-corrected chi connectivity index (χ3v) is 11.1. The molecule has 8 nitrogen and oxygen atoms in total. The maximum atomic E-state index is 13.7. The van der Waals surface area contributed by atoms with Crippen molar-refractivity contribution in [3.63, 3.8) is 0 Å². The molecule has 1 saturated heterocycles. The Hall–Kier alpha value is -2.71. The molecule has 1 aliphatic heterocycles. The molecule has 5 rings (SSSR count). The van der Waals surface area contributed by atoms with Gasteiger partial charge in [-0.15, -0.1) is 11.8 Å². The van der Waals surface area contributed by atoms with Crippen molar-refractivity contribution in [3.05, 3.63) is 81.3 Å². The standard InChI is InChI=1S/C29H27Cl2F3N2O6S2/c1-16-10-19(32)5-7-26(16)44(38,39)36-8-9-43-27(36)28(37)41-24(12-20-21(30)13-35-14-22(20)31)18-4-6-23(42-29(33)34)25(11-18)40-15-17-2-3-17/h4-7,10-11,13-14,17,24,27,29H,2-3,8-9,12,15H2,1H3/t24-,27?/m0/s1. The number of alkyl halides is 2. The second-order valence-electron chi connectivity index (χ2n) is 10.3. The number of thioether (sulfide) groups is 1. The summed E-state index contributed by atoms with van der Waals surface area (Å²) >= 11 is 13.8. The topological polar surface area (TPSA) is 95.0 Å². The molecule has 0 bridgehead atoms. The molecule has 2 aliphatic rings. The van der Waals surface area contributed by atoms with E-state index in [2.05, 4.69) is 9.72 Å². The summed E-state index contributed by atoms with van der Waals surface area (Å²) in [5, 5.41) is -0.845. The van der Waals surface area contributed by atoms with Crippen LogP contribution in [0, 0.1) is 18.7 Å². The van der Waals surface area contributed by atoms with Gasteiger partial charge in [0, 0.05) is 31.1 Å². The number of ether oxygens (including phenoxy) is 3. The van der Waals surface area contributed by atoms with Gasteiger partial charge in [0.05, 0.1) is 21.5 Å². The Kier molecular flexibility index (Phi) is 10.2. The van der Waals surface area contributed by atoms with Crippen LogP contribution in [0.2, 0.25) is 10.0 Å². The van der Waals surface area contributed by atoms with E-state index in [-0.39, 0.29) is 45.0 Å². The molecule has 44 heavy (non-hydrogen) atoms. The monoisotopic (exact) mass is 690 g/mol. The van der Waals surface area contributed by atoms with Gasteiger partial charge in [0.25, 0.3) is 0 Å². The largest absolute Gasteiger partial charge is 0.489 e. The number of sulfonamides is 1. The van der Waals surface area contributed by atoms with Gasteiger partial charge in [0.2, 0.25) is 10.0 Å². The van der Waals surface area contributed by atoms with E-state index in [9.17, 15) is 26.4 Å². The number of benzene rings is 2. The maximum Gasteiger partial charge on any atom is 0.387 e. The summed E-state index contributed by atoms with van der Waals surface area (Å²) in [5.41, 5.74) is 0.945. The highest BCUT2D eigenvalue weighted by Gasteiger charge is 2.42. The van der Waals surface area contributed by atoms with E-state index in [1.807, 2.05) is 0 Å². The number of esters is 1. The highest BCUT2D eigenvalue weighted by atomic mass is 35.5. The van der Waals surface area contributed by atoms with Crippen LogP contribution in [0.15, 0.2) is 53.7 Å². The lowest BCUT2D eigenvalue weighted by molar-refractivity contribution is -0.150. The molecule has 3 aromatic rings. The van der Waals surface area contributed by atoms with E-state index >= 15 is 0 Å². The van der Waals surface area contributed by atoms with Crippen LogP contribution in [0.3, 0.4) is 0 Å².